The first kappa shape index (κ1) is 13.2. The van der Waals surface area contributed by atoms with E-state index in [1.54, 1.807) is 0 Å². The van der Waals surface area contributed by atoms with Gasteiger partial charge in [0, 0.05) is 42.8 Å². The predicted octanol–water partition coefficient (Wildman–Crippen LogP) is 2.87. The van der Waals surface area contributed by atoms with Crippen molar-refractivity contribution in [1.29, 1.82) is 0 Å². The van der Waals surface area contributed by atoms with Gasteiger partial charge in [-0.05, 0) is 43.5 Å². The Morgan fingerprint density at radius 1 is 1.14 bits per heavy atom. The second kappa shape index (κ2) is 5.39. The van der Waals surface area contributed by atoms with Gasteiger partial charge in [-0.25, -0.2) is 0 Å². The van der Waals surface area contributed by atoms with Crippen molar-refractivity contribution in [3.63, 3.8) is 0 Å². The summed E-state index contributed by atoms with van der Waals surface area (Å²) in [4.78, 5) is 7.21. The van der Waals surface area contributed by atoms with Crippen LogP contribution in [0.1, 0.15) is 30.5 Å². The largest absolute Gasteiger partial charge is 0.309 e. The summed E-state index contributed by atoms with van der Waals surface area (Å²) in [6, 6.07) is 12.4. The molecule has 3 nitrogen and oxygen atoms in total. The molecule has 110 valence electrons. The second-order valence-electron chi connectivity index (χ2n) is 6.67. The van der Waals surface area contributed by atoms with Crippen LogP contribution < -0.4 is 5.32 Å². The van der Waals surface area contributed by atoms with E-state index in [9.17, 15) is 0 Å². The quantitative estimate of drug-likeness (QED) is 0.917. The molecular formula is C18H23N3. The zero-order valence-electron chi connectivity index (χ0n) is 12.7. The summed E-state index contributed by atoms with van der Waals surface area (Å²) in [5, 5.41) is 5.01. The average molecular weight is 281 g/mol. The number of nitrogens with zero attached hydrogens (tertiary/aromatic N) is 2. The Bertz CT molecular complexity index is 640. The van der Waals surface area contributed by atoms with Gasteiger partial charge in [0.2, 0.25) is 0 Å². The van der Waals surface area contributed by atoms with Crippen molar-refractivity contribution in [3.05, 3.63) is 41.6 Å². The molecule has 2 aromatic rings. The van der Waals surface area contributed by atoms with Gasteiger partial charge in [-0.1, -0.05) is 18.6 Å². The Morgan fingerprint density at radius 2 is 1.95 bits per heavy atom. The number of rotatable bonds is 2. The van der Waals surface area contributed by atoms with Gasteiger partial charge in [-0.2, -0.15) is 0 Å². The standard InChI is InChI=1S/C18H23N3/c1-13-5-7-15-9-14(6-8-18(15)19-13)10-21-11-16-3-2-4-17(12-21)20-16/h5-9,16-17,20H,2-4,10-12H2,1H3. The van der Waals surface area contributed by atoms with Crippen molar-refractivity contribution < 1.29 is 0 Å². The van der Waals surface area contributed by atoms with Crippen LogP contribution in [0.5, 0.6) is 0 Å². The van der Waals surface area contributed by atoms with Crippen molar-refractivity contribution in [3.8, 4) is 0 Å². The first-order chi connectivity index (χ1) is 10.3. The third-order valence-electron chi connectivity index (χ3n) is 4.83. The molecule has 1 aromatic carbocycles. The summed E-state index contributed by atoms with van der Waals surface area (Å²) in [6.45, 7) is 5.51. The number of hydrogen-bond donors (Lipinski definition) is 1. The third-order valence-corrected chi connectivity index (χ3v) is 4.83. The lowest BCUT2D eigenvalue weighted by atomic mass is 9.94. The van der Waals surface area contributed by atoms with Crippen LogP contribution in [0.4, 0.5) is 0 Å². The molecule has 21 heavy (non-hydrogen) atoms. The van der Waals surface area contributed by atoms with Gasteiger partial charge in [-0.15, -0.1) is 0 Å². The van der Waals surface area contributed by atoms with E-state index >= 15 is 0 Å². The fraction of sp³-hybridized carbons (Fsp3) is 0.500. The molecule has 2 saturated heterocycles. The molecular weight excluding hydrogens is 258 g/mol. The molecule has 0 aliphatic carbocycles. The molecule has 2 aliphatic rings. The molecule has 1 N–H and O–H groups in total. The lowest BCUT2D eigenvalue weighted by molar-refractivity contribution is 0.119. The summed E-state index contributed by atoms with van der Waals surface area (Å²) in [6.07, 6.45) is 4.08. The monoisotopic (exact) mass is 281 g/mol. The van der Waals surface area contributed by atoms with Crippen LogP contribution in [0.2, 0.25) is 0 Å². The number of hydrogen-bond acceptors (Lipinski definition) is 3. The lowest BCUT2D eigenvalue weighted by Crippen LogP contribution is -2.58. The van der Waals surface area contributed by atoms with Crippen molar-refractivity contribution in [2.45, 2.75) is 44.8 Å². The van der Waals surface area contributed by atoms with Gasteiger partial charge in [0.1, 0.15) is 0 Å². The molecule has 2 aliphatic heterocycles. The minimum atomic E-state index is 0.710. The van der Waals surface area contributed by atoms with Gasteiger partial charge in [0.15, 0.2) is 0 Å². The Kier molecular flexibility index (Phi) is 3.40. The number of aryl methyl sites for hydroxylation is 1. The Balaban J connectivity index is 1.52. The van der Waals surface area contributed by atoms with Crippen molar-refractivity contribution in [2.75, 3.05) is 13.1 Å². The Hall–Kier alpha value is -1.45. The molecule has 0 radical (unpaired) electrons. The van der Waals surface area contributed by atoms with E-state index in [0.717, 1.165) is 17.8 Å². The number of fused-ring (bicyclic) bond motifs is 3. The summed E-state index contributed by atoms with van der Waals surface area (Å²) in [5.41, 5.74) is 3.61. The van der Waals surface area contributed by atoms with E-state index in [1.807, 2.05) is 6.92 Å². The number of aromatic nitrogens is 1. The molecule has 0 saturated carbocycles. The van der Waals surface area contributed by atoms with Crippen LogP contribution in [0.3, 0.4) is 0 Å². The molecule has 1 aromatic heterocycles. The summed E-state index contributed by atoms with van der Waals surface area (Å²) in [5.74, 6) is 0. The number of piperidine rings is 1. The lowest BCUT2D eigenvalue weighted by Gasteiger charge is -2.42. The van der Waals surface area contributed by atoms with Crippen LogP contribution in [-0.2, 0) is 6.54 Å². The SMILES string of the molecule is Cc1ccc2cc(CN3CC4CCCC(C3)N4)ccc2n1. The van der Waals surface area contributed by atoms with Crippen molar-refractivity contribution >= 4 is 10.9 Å². The van der Waals surface area contributed by atoms with E-state index in [0.29, 0.717) is 12.1 Å². The third kappa shape index (κ3) is 2.81. The second-order valence-corrected chi connectivity index (χ2v) is 6.67. The zero-order chi connectivity index (χ0) is 14.2. The van der Waals surface area contributed by atoms with Crippen LogP contribution in [0, 0.1) is 6.92 Å². The number of nitrogens with one attached hydrogen (secondary N) is 1. The number of likely N-dealkylation sites (tertiary alicyclic amines) is 1. The fourth-order valence-electron chi connectivity index (χ4n) is 3.86. The highest BCUT2D eigenvalue weighted by atomic mass is 15.2. The maximum atomic E-state index is 4.59. The fourth-order valence-corrected chi connectivity index (χ4v) is 3.86. The summed E-state index contributed by atoms with van der Waals surface area (Å²) >= 11 is 0. The minimum Gasteiger partial charge on any atom is -0.309 e. The van der Waals surface area contributed by atoms with Crippen molar-refractivity contribution in [1.82, 2.24) is 15.2 Å². The molecule has 3 heteroatoms. The number of piperazine rings is 1. The summed E-state index contributed by atoms with van der Waals surface area (Å²) < 4.78 is 0. The van der Waals surface area contributed by atoms with E-state index in [2.05, 4.69) is 45.5 Å². The average Bonchev–Trinajstić information content (AvgIpc) is 2.47. The van der Waals surface area contributed by atoms with E-state index in [-0.39, 0.29) is 0 Å². The molecule has 2 fully saturated rings. The maximum absolute atomic E-state index is 4.59. The molecule has 3 heterocycles. The van der Waals surface area contributed by atoms with E-state index < -0.39 is 0 Å². The molecule has 0 amide bonds. The van der Waals surface area contributed by atoms with E-state index in [1.165, 1.54) is 43.3 Å². The van der Waals surface area contributed by atoms with Crippen LogP contribution in [0.25, 0.3) is 10.9 Å². The normalized spacial score (nSPS) is 26.1. The van der Waals surface area contributed by atoms with Gasteiger partial charge in [-0.3, -0.25) is 9.88 Å². The van der Waals surface area contributed by atoms with Crippen LogP contribution >= 0.6 is 0 Å². The topological polar surface area (TPSA) is 28.2 Å². The molecule has 2 bridgehead atoms. The van der Waals surface area contributed by atoms with E-state index in [4.69, 9.17) is 0 Å². The molecule has 2 unspecified atom stereocenters. The predicted molar refractivity (Wildman–Crippen MR) is 86.3 cm³/mol. The van der Waals surface area contributed by atoms with Crippen LogP contribution in [0.15, 0.2) is 30.3 Å². The van der Waals surface area contributed by atoms with Gasteiger partial charge >= 0.3 is 0 Å². The summed E-state index contributed by atoms with van der Waals surface area (Å²) in [7, 11) is 0. The molecule has 4 rings (SSSR count). The number of pyridine rings is 1. The van der Waals surface area contributed by atoms with Crippen LogP contribution in [-0.4, -0.2) is 35.1 Å². The Morgan fingerprint density at radius 3 is 2.76 bits per heavy atom. The smallest absolute Gasteiger partial charge is 0.0705 e. The van der Waals surface area contributed by atoms with Gasteiger partial charge in [0.25, 0.3) is 0 Å². The molecule has 0 spiro atoms. The first-order valence-corrected chi connectivity index (χ1v) is 8.11. The van der Waals surface area contributed by atoms with Crippen molar-refractivity contribution in [2.24, 2.45) is 0 Å². The van der Waals surface area contributed by atoms with Gasteiger partial charge in [0.05, 0.1) is 5.52 Å². The Labute approximate surface area is 126 Å². The highest BCUT2D eigenvalue weighted by Crippen LogP contribution is 2.22. The van der Waals surface area contributed by atoms with Gasteiger partial charge < -0.3 is 5.32 Å². The zero-order valence-corrected chi connectivity index (χ0v) is 12.7. The first-order valence-electron chi connectivity index (χ1n) is 8.11. The molecule has 2 atom stereocenters. The number of benzene rings is 1. The highest BCUT2D eigenvalue weighted by molar-refractivity contribution is 5.79. The maximum Gasteiger partial charge on any atom is 0.0705 e. The highest BCUT2D eigenvalue weighted by Gasteiger charge is 2.29. The minimum absolute atomic E-state index is 0.710.